The molecule has 3 aliphatic rings. The summed E-state index contributed by atoms with van der Waals surface area (Å²) in [5, 5.41) is 19.1. The van der Waals surface area contributed by atoms with Crippen LogP contribution in [0.25, 0.3) is 0 Å². The molecule has 27 heavy (non-hydrogen) atoms. The van der Waals surface area contributed by atoms with Crippen LogP contribution in [0, 0.1) is 22.6 Å². The number of halogens is 1. The number of hydrogen-bond acceptors (Lipinski definition) is 4. The molecule has 144 valence electrons. The van der Waals surface area contributed by atoms with Crippen LogP contribution < -0.4 is 4.90 Å². The van der Waals surface area contributed by atoms with Crippen molar-refractivity contribution >= 4 is 11.6 Å². The van der Waals surface area contributed by atoms with Gasteiger partial charge in [0.15, 0.2) is 0 Å². The standard InChI is InChI=1S/C21H26FN3O2/c22-18-3-1-4-19(17(18)13-23)24-11-2-9-21(14-24)10-12-25(20(21)27)15-5-7-16(26)8-6-15/h1,3-4,15-16,26H,2,5-12,14H2/t15-,16-,21?. The molecule has 6 heteroatoms. The van der Waals surface area contributed by atoms with Crippen LogP contribution in [0.1, 0.15) is 50.5 Å². The van der Waals surface area contributed by atoms with Crippen LogP contribution in [0.3, 0.4) is 0 Å². The molecule has 1 amide bonds. The van der Waals surface area contributed by atoms with Crippen LogP contribution >= 0.6 is 0 Å². The van der Waals surface area contributed by atoms with Gasteiger partial charge in [-0.15, -0.1) is 0 Å². The molecule has 5 nitrogen and oxygen atoms in total. The van der Waals surface area contributed by atoms with E-state index in [9.17, 15) is 19.6 Å². The van der Waals surface area contributed by atoms with Gasteiger partial charge in [0.05, 0.1) is 17.2 Å². The summed E-state index contributed by atoms with van der Waals surface area (Å²) < 4.78 is 14.0. The number of nitriles is 1. The highest BCUT2D eigenvalue weighted by Gasteiger charge is 2.50. The molecule has 1 atom stereocenters. The number of rotatable bonds is 2. The molecule has 2 aliphatic heterocycles. The predicted molar refractivity (Wildman–Crippen MR) is 99.6 cm³/mol. The molecule has 1 N–H and O–H groups in total. The summed E-state index contributed by atoms with van der Waals surface area (Å²) in [7, 11) is 0. The molecule has 1 aromatic rings. The maximum Gasteiger partial charge on any atom is 0.230 e. The molecule has 4 rings (SSSR count). The van der Waals surface area contributed by atoms with Crippen molar-refractivity contribution in [2.45, 2.75) is 57.1 Å². The largest absolute Gasteiger partial charge is 0.393 e. The van der Waals surface area contributed by atoms with E-state index in [-0.39, 0.29) is 23.6 Å². The fourth-order valence-corrected chi connectivity index (χ4v) is 5.17. The van der Waals surface area contributed by atoms with Crippen molar-refractivity contribution in [2.75, 3.05) is 24.5 Å². The van der Waals surface area contributed by atoms with Gasteiger partial charge in [0.25, 0.3) is 0 Å². The topological polar surface area (TPSA) is 67.6 Å². The molecule has 0 radical (unpaired) electrons. The van der Waals surface area contributed by atoms with Crippen LogP contribution in [0.2, 0.25) is 0 Å². The number of carbonyl (C=O) groups is 1. The molecule has 1 aliphatic carbocycles. The minimum atomic E-state index is -0.505. The van der Waals surface area contributed by atoms with E-state index in [1.165, 1.54) is 6.07 Å². The van der Waals surface area contributed by atoms with Gasteiger partial charge in [0.2, 0.25) is 5.91 Å². The third kappa shape index (κ3) is 3.19. The molecular formula is C21H26FN3O2. The zero-order chi connectivity index (χ0) is 19.0. The smallest absolute Gasteiger partial charge is 0.230 e. The maximum absolute atomic E-state index is 14.0. The minimum absolute atomic E-state index is 0.0677. The Kier molecular flexibility index (Phi) is 4.81. The lowest BCUT2D eigenvalue weighted by molar-refractivity contribution is -0.139. The highest BCUT2D eigenvalue weighted by Crippen LogP contribution is 2.44. The number of aliphatic hydroxyl groups excluding tert-OH is 1. The molecular weight excluding hydrogens is 345 g/mol. The van der Waals surface area contributed by atoms with E-state index in [1.54, 1.807) is 12.1 Å². The number of aliphatic hydroxyl groups is 1. The van der Waals surface area contributed by atoms with E-state index in [4.69, 9.17) is 0 Å². The Labute approximate surface area is 159 Å². The van der Waals surface area contributed by atoms with Gasteiger partial charge in [-0.1, -0.05) is 6.07 Å². The van der Waals surface area contributed by atoms with Crippen LogP contribution in [-0.4, -0.2) is 47.7 Å². The number of piperidine rings is 1. The van der Waals surface area contributed by atoms with Crippen molar-refractivity contribution in [1.29, 1.82) is 5.26 Å². The van der Waals surface area contributed by atoms with Crippen molar-refractivity contribution in [3.63, 3.8) is 0 Å². The molecule has 0 aromatic heterocycles. The predicted octanol–water partition coefficient (Wildman–Crippen LogP) is 2.82. The Morgan fingerprint density at radius 3 is 2.70 bits per heavy atom. The molecule has 3 fully saturated rings. The van der Waals surface area contributed by atoms with E-state index in [0.29, 0.717) is 12.2 Å². The minimum Gasteiger partial charge on any atom is -0.393 e. The quantitative estimate of drug-likeness (QED) is 0.868. The monoisotopic (exact) mass is 371 g/mol. The number of benzene rings is 1. The summed E-state index contributed by atoms with van der Waals surface area (Å²) in [4.78, 5) is 17.4. The van der Waals surface area contributed by atoms with Gasteiger partial charge in [-0.05, 0) is 57.1 Å². The number of amides is 1. The first-order valence-electron chi connectivity index (χ1n) is 9.97. The van der Waals surface area contributed by atoms with Gasteiger partial charge in [-0.3, -0.25) is 4.79 Å². The molecule has 0 bridgehead atoms. The summed E-state index contributed by atoms with van der Waals surface area (Å²) in [6.07, 6.45) is 5.58. The van der Waals surface area contributed by atoms with Crippen LogP contribution in [0.15, 0.2) is 18.2 Å². The van der Waals surface area contributed by atoms with E-state index in [0.717, 1.165) is 58.0 Å². The first-order chi connectivity index (χ1) is 13.0. The summed E-state index contributed by atoms with van der Waals surface area (Å²) >= 11 is 0. The molecule has 1 saturated carbocycles. The second-order valence-electron chi connectivity index (χ2n) is 8.26. The second kappa shape index (κ2) is 7.12. The van der Waals surface area contributed by atoms with Gasteiger partial charge < -0.3 is 14.9 Å². The van der Waals surface area contributed by atoms with Crippen LogP contribution in [0.5, 0.6) is 0 Å². The fourth-order valence-electron chi connectivity index (χ4n) is 5.17. The number of likely N-dealkylation sites (tertiary alicyclic amines) is 1. The van der Waals surface area contributed by atoms with E-state index in [1.807, 2.05) is 15.9 Å². The molecule has 1 unspecified atom stereocenters. The van der Waals surface area contributed by atoms with E-state index in [2.05, 4.69) is 0 Å². The molecule has 1 aromatic carbocycles. The van der Waals surface area contributed by atoms with E-state index < -0.39 is 11.2 Å². The summed E-state index contributed by atoms with van der Waals surface area (Å²) in [6.45, 7) is 2.06. The third-order valence-electron chi connectivity index (χ3n) is 6.67. The van der Waals surface area contributed by atoms with Crippen molar-refractivity contribution in [3.8, 4) is 6.07 Å². The van der Waals surface area contributed by atoms with Gasteiger partial charge in [0, 0.05) is 25.7 Å². The summed E-state index contributed by atoms with van der Waals surface area (Å²) in [6, 6.07) is 6.93. The van der Waals surface area contributed by atoms with E-state index >= 15 is 0 Å². The average Bonchev–Trinajstić information content (AvgIpc) is 2.98. The van der Waals surface area contributed by atoms with Crippen molar-refractivity contribution in [2.24, 2.45) is 5.41 Å². The Morgan fingerprint density at radius 2 is 1.96 bits per heavy atom. The summed E-state index contributed by atoms with van der Waals surface area (Å²) in [5.41, 5.74) is 0.245. The van der Waals surface area contributed by atoms with Crippen molar-refractivity contribution in [1.82, 2.24) is 4.90 Å². The SMILES string of the molecule is N#Cc1c(F)cccc1N1CCCC2(CCN([C@H]3CC[C@H](O)CC3)C2=O)C1. The van der Waals surface area contributed by atoms with Gasteiger partial charge in [-0.25, -0.2) is 4.39 Å². The van der Waals surface area contributed by atoms with Crippen LogP contribution in [0.4, 0.5) is 10.1 Å². The lowest BCUT2D eigenvalue weighted by Gasteiger charge is -2.41. The Morgan fingerprint density at radius 1 is 1.19 bits per heavy atom. The highest BCUT2D eigenvalue weighted by atomic mass is 19.1. The number of anilines is 1. The van der Waals surface area contributed by atoms with Gasteiger partial charge >= 0.3 is 0 Å². The first kappa shape index (κ1) is 18.2. The lowest BCUT2D eigenvalue weighted by atomic mass is 9.78. The van der Waals surface area contributed by atoms with Gasteiger partial charge in [-0.2, -0.15) is 5.26 Å². The zero-order valence-corrected chi connectivity index (χ0v) is 15.5. The molecule has 2 saturated heterocycles. The number of hydrogen-bond donors (Lipinski definition) is 1. The normalized spacial score (nSPS) is 31.4. The molecule has 1 spiro atoms. The third-order valence-corrected chi connectivity index (χ3v) is 6.67. The average molecular weight is 371 g/mol. The first-order valence-corrected chi connectivity index (χ1v) is 9.97. The Hall–Kier alpha value is -2.13. The Bertz CT molecular complexity index is 769. The number of carbonyl (C=O) groups excluding carboxylic acids is 1. The van der Waals surface area contributed by atoms with Gasteiger partial charge in [0.1, 0.15) is 17.4 Å². The number of nitrogens with zero attached hydrogens (tertiary/aromatic N) is 3. The maximum atomic E-state index is 14.0. The van der Waals surface area contributed by atoms with Crippen molar-refractivity contribution in [3.05, 3.63) is 29.6 Å². The fraction of sp³-hybridized carbons (Fsp3) is 0.619. The molecule has 2 heterocycles. The Balaban J connectivity index is 1.54. The van der Waals surface area contributed by atoms with Crippen LogP contribution in [-0.2, 0) is 4.79 Å². The zero-order valence-electron chi connectivity index (χ0n) is 15.5. The second-order valence-corrected chi connectivity index (χ2v) is 8.26. The van der Waals surface area contributed by atoms with Crippen molar-refractivity contribution < 1.29 is 14.3 Å². The summed E-state index contributed by atoms with van der Waals surface area (Å²) in [5.74, 6) is -0.293. The lowest BCUT2D eigenvalue weighted by Crippen LogP contribution is -2.50. The highest BCUT2D eigenvalue weighted by molar-refractivity contribution is 5.86.